The fourth-order valence-corrected chi connectivity index (χ4v) is 3.16. The molecule has 0 atom stereocenters. The van der Waals surface area contributed by atoms with Crippen LogP contribution in [-0.4, -0.2) is 67.4 Å². The molecule has 1 aliphatic heterocycles. The van der Waals surface area contributed by atoms with Crippen molar-refractivity contribution in [2.24, 2.45) is 0 Å². The number of hydrogen-bond acceptors (Lipinski definition) is 7. The quantitative estimate of drug-likeness (QED) is 0.703. The molecule has 0 unspecified atom stereocenters. The maximum absolute atomic E-state index is 5.38. The number of nitrogens with one attached hydrogen (secondary N) is 2. The molecule has 1 saturated heterocycles. The number of aromatic nitrogens is 2. The Morgan fingerprint density at radius 3 is 2.52 bits per heavy atom. The highest BCUT2D eigenvalue weighted by Gasteiger charge is 2.09. The molecule has 2 heterocycles. The molecule has 1 aliphatic rings. The first-order valence-corrected chi connectivity index (χ1v) is 9.77. The zero-order valence-electron chi connectivity index (χ0n) is 16.3. The van der Waals surface area contributed by atoms with Gasteiger partial charge >= 0.3 is 0 Å². The van der Waals surface area contributed by atoms with Crippen molar-refractivity contribution in [1.29, 1.82) is 0 Å². The van der Waals surface area contributed by atoms with E-state index in [0.717, 1.165) is 64.0 Å². The van der Waals surface area contributed by atoms with Gasteiger partial charge in [-0.1, -0.05) is 0 Å². The number of anilines is 4. The van der Waals surface area contributed by atoms with Gasteiger partial charge in [0.15, 0.2) is 0 Å². The highest BCUT2D eigenvalue weighted by atomic mass is 16.5. The lowest BCUT2D eigenvalue weighted by atomic mass is 10.2. The predicted octanol–water partition coefficient (Wildman–Crippen LogP) is 2.81. The van der Waals surface area contributed by atoms with E-state index in [1.54, 1.807) is 6.20 Å². The van der Waals surface area contributed by atoms with Crippen LogP contribution < -0.4 is 15.5 Å². The molecule has 0 saturated carbocycles. The van der Waals surface area contributed by atoms with Gasteiger partial charge in [-0.2, -0.15) is 4.98 Å². The normalized spacial score (nSPS) is 14.7. The molecule has 0 aliphatic carbocycles. The van der Waals surface area contributed by atoms with Gasteiger partial charge in [-0.3, -0.25) is 4.90 Å². The van der Waals surface area contributed by atoms with Gasteiger partial charge in [-0.05, 0) is 44.2 Å². The molecule has 1 aromatic carbocycles. The Kier molecular flexibility index (Phi) is 7.24. The van der Waals surface area contributed by atoms with Crippen LogP contribution in [0.1, 0.15) is 13.8 Å². The number of benzene rings is 1. The first-order valence-electron chi connectivity index (χ1n) is 9.77. The van der Waals surface area contributed by atoms with E-state index in [0.29, 0.717) is 5.95 Å². The van der Waals surface area contributed by atoms with Gasteiger partial charge in [-0.15, -0.1) is 0 Å². The van der Waals surface area contributed by atoms with Crippen molar-refractivity contribution in [1.82, 2.24) is 14.9 Å². The first-order chi connectivity index (χ1) is 13.3. The summed E-state index contributed by atoms with van der Waals surface area (Å²) in [6.45, 7) is 11.8. The molecule has 1 aromatic heterocycles. The smallest absolute Gasteiger partial charge is 0.229 e. The molecule has 0 bridgehead atoms. The predicted molar refractivity (Wildman–Crippen MR) is 111 cm³/mol. The van der Waals surface area contributed by atoms with Gasteiger partial charge in [0.05, 0.1) is 13.2 Å². The SMILES string of the molecule is CCN(CC)c1ccc(Nc2nccc(NCCN3CCOCC3)n2)cc1. The van der Waals surface area contributed by atoms with E-state index in [4.69, 9.17) is 4.74 Å². The number of morpholine rings is 1. The Labute approximate surface area is 161 Å². The zero-order valence-corrected chi connectivity index (χ0v) is 16.3. The van der Waals surface area contributed by atoms with Crippen molar-refractivity contribution in [2.75, 3.05) is 68.0 Å². The molecule has 1 fully saturated rings. The lowest BCUT2D eigenvalue weighted by molar-refractivity contribution is 0.0398. The fourth-order valence-electron chi connectivity index (χ4n) is 3.16. The average Bonchev–Trinajstić information content (AvgIpc) is 2.71. The molecule has 7 nitrogen and oxygen atoms in total. The second-order valence-corrected chi connectivity index (χ2v) is 6.49. The van der Waals surface area contributed by atoms with Crippen LogP contribution in [0.4, 0.5) is 23.1 Å². The Hall–Kier alpha value is -2.38. The van der Waals surface area contributed by atoms with Crippen molar-refractivity contribution >= 4 is 23.1 Å². The van der Waals surface area contributed by atoms with Gasteiger partial charge in [-0.25, -0.2) is 4.98 Å². The number of rotatable bonds is 9. The third kappa shape index (κ3) is 5.80. The second-order valence-electron chi connectivity index (χ2n) is 6.49. The van der Waals surface area contributed by atoms with Crippen LogP contribution in [0.3, 0.4) is 0 Å². The van der Waals surface area contributed by atoms with E-state index in [2.05, 4.69) is 68.5 Å². The molecular formula is C20H30N6O. The molecule has 27 heavy (non-hydrogen) atoms. The van der Waals surface area contributed by atoms with Crippen molar-refractivity contribution in [2.45, 2.75) is 13.8 Å². The largest absolute Gasteiger partial charge is 0.379 e. The van der Waals surface area contributed by atoms with Gasteiger partial charge in [0.2, 0.25) is 5.95 Å². The van der Waals surface area contributed by atoms with Crippen LogP contribution in [0, 0.1) is 0 Å². The van der Waals surface area contributed by atoms with Gasteiger partial charge in [0.25, 0.3) is 0 Å². The lowest BCUT2D eigenvalue weighted by Gasteiger charge is -2.26. The van der Waals surface area contributed by atoms with Crippen molar-refractivity contribution in [3.8, 4) is 0 Å². The van der Waals surface area contributed by atoms with Gasteiger partial charge in [0.1, 0.15) is 5.82 Å². The van der Waals surface area contributed by atoms with Crippen LogP contribution in [0.5, 0.6) is 0 Å². The summed E-state index contributed by atoms with van der Waals surface area (Å²) in [4.78, 5) is 13.6. The summed E-state index contributed by atoms with van der Waals surface area (Å²) in [5, 5.41) is 6.66. The zero-order chi connectivity index (χ0) is 18.9. The molecular weight excluding hydrogens is 340 g/mol. The maximum atomic E-state index is 5.38. The van der Waals surface area contributed by atoms with E-state index >= 15 is 0 Å². The van der Waals surface area contributed by atoms with Crippen LogP contribution in [0.2, 0.25) is 0 Å². The second kappa shape index (κ2) is 10.1. The monoisotopic (exact) mass is 370 g/mol. The lowest BCUT2D eigenvalue weighted by Crippen LogP contribution is -2.39. The summed E-state index contributed by atoms with van der Waals surface area (Å²) in [6.07, 6.45) is 1.77. The summed E-state index contributed by atoms with van der Waals surface area (Å²) in [5.41, 5.74) is 2.21. The molecule has 2 aromatic rings. The van der Waals surface area contributed by atoms with Crippen LogP contribution in [0.25, 0.3) is 0 Å². The Morgan fingerprint density at radius 2 is 1.81 bits per heavy atom. The van der Waals surface area contributed by atoms with Crippen molar-refractivity contribution < 1.29 is 4.74 Å². The third-order valence-corrected chi connectivity index (χ3v) is 4.75. The molecule has 146 valence electrons. The molecule has 0 amide bonds. The highest BCUT2D eigenvalue weighted by molar-refractivity contribution is 5.59. The third-order valence-electron chi connectivity index (χ3n) is 4.75. The Bertz CT molecular complexity index is 683. The van der Waals surface area contributed by atoms with E-state index in [-0.39, 0.29) is 0 Å². The van der Waals surface area contributed by atoms with Crippen molar-refractivity contribution in [3.05, 3.63) is 36.5 Å². The van der Waals surface area contributed by atoms with Crippen LogP contribution >= 0.6 is 0 Å². The summed E-state index contributed by atoms with van der Waals surface area (Å²) < 4.78 is 5.38. The first kappa shape index (κ1) is 19.4. The topological polar surface area (TPSA) is 65.5 Å². The van der Waals surface area contributed by atoms with Crippen LogP contribution in [0.15, 0.2) is 36.5 Å². The molecule has 7 heteroatoms. The number of ether oxygens (including phenoxy) is 1. The Morgan fingerprint density at radius 1 is 1.07 bits per heavy atom. The highest BCUT2D eigenvalue weighted by Crippen LogP contribution is 2.20. The average molecular weight is 371 g/mol. The summed E-state index contributed by atoms with van der Waals surface area (Å²) in [5.74, 6) is 1.43. The molecule has 2 N–H and O–H groups in total. The maximum Gasteiger partial charge on any atom is 0.229 e. The molecule has 3 rings (SSSR count). The number of hydrogen-bond donors (Lipinski definition) is 2. The summed E-state index contributed by atoms with van der Waals surface area (Å²) in [6, 6.07) is 10.3. The summed E-state index contributed by atoms with van der Waals surface area (Å²) >= 11 is 0. The number of nitrogens with zero attached hydrogens (tertiary/aromatic N) is 4. The minimum atomic E-state index is 0.599. The van der Waals surface area contributed by atoms with E-state index in [9.17, 15) is 0 Å². The summed E-state index contributed by atoms with van der Waals surface area (Å²) in [7, 11) is 0. The minimum absolute atomic E-state index is 0.599. The van der Waals surface area contributed by atoms with E-state index < -0.39 is 0 Å². The molecule has 0 radical (unpaired) electrons. The Balaban J connectivity index is 1.52. The standard InChI is InChI=1S/C20H30N6O/c1-3-26(4-2)18-7-5-17(6-8-18)23-20-22-10-9-19(24-20)21-11-12-25-13-15-27-16-14-25/h5-10H,3-4,11-16H2,1-2H3,(H2,21,22,23,24). The van der Waals surface area contributed by atoms with Crippen LogP contribution in [-0.2, 0) is 4.74 Å². The van der Waals surface area contributed by atoms with Gasteiger partial charge in [0, 0.05) is 56.8 Å². The fraction of sp³-hybridized carbons (Fsp3) is 0.500. The van der Waals surface area contributed by atoms with Gasteiger partial charge < -0.3 is 20.3 Å². The van der Waals surface area contributed by atoms with E-state index in [1.807, 2.05) is 6.07 Å². The minimum Gasteiger partial charge on any atom is -0.379 e. The van der Waals surface area contributed by atoms with Crippen molar-refractivity contribution in [3.63, 3.8) is 0 Å². The molecule has 0 spiro atoms. The van der Waals surface area contributed by atoms with E-state index in [1.165, 1.54) is 5.69 Å².